The van der Waals surface area contributed by atoms with Crippen LogP contribution >= 0.6 is 7.60 Å². The van der Waals surface area contributed by atoms with Crippen LogP contribution in [0.25, 0.3) is 0 Å². The molecule has 6 heteroatoms. The molecule has 0 aliphatic heterocycles. The maximum Gasteiger partial charge on any atom is 0.332 e. The van der Waals surface area contributed by atoms with Gasteiger partial charge in [-0.15, -0.1) is 0 Å². The van der Waals surface area contributed by atoms with Gasteiger partial charge < -0.3 is 13.9 Å². The largest absolute Gasteiger partial charge is 0.342 e. The molecule has 0 aromatic carbocycles. The number of hydrogen-bond donors (Lipinski definition) is 0. The molecule has 0 fully saturated rings. The van der Waals surface area contributed by atoms with Gasteiger partial charge in [0.25, 0.3) is 0 Å². The van der Waals surface area contributed by atoms with E-state index in [2.05, 4.69) is 6.58 Å². The molecule has 0 aromatic rings. The Morgan fingerprint density at radius 1 is 1.38 bits per heavy atom. The van der Waals surface area contributed by atoms with E-state index in [1.54, 1.807) is 20.9 Å². The zero-order chi connectivity index (χ0) is 12.6. The monoisotopic (exact) mass is 249 g/mol. The Kier molecular flexibility index (Phi) is 7.30. The zero-order valence-electron chi connectivity index (χ0n) is 10.1. The molecule has 0 radical (unpaired) electrons. The molecule has 5 nitrogen and oxygen atoms in total. The van der Waals surface area contributed by atoms with Gasteiger partial charge in [0.2, 0.25) is 5.91 Å². The third-order valence-corrected chi connectivity index (χ3v) is 3.96. The summed E-state index contributed by atoms with van der Waals surface area (Å²) in [5, 5.41) is 0. The standard InChI is InChI=1S/C10H20NO4P/c1-5-10(12)11(4)8-9-16(13,14-6-2)15-7-3/h5H,1,6-9H2,2-4H3. The quantitative estimate of drug-likeness (QED) is 0.487. The van der Waals surface area contributed by atoms with Gasteiger partial charge in [-0.2, -0.15) is 0 Å². The number of likely N-dealkylation sites (N-methyl/N-ethyl adjacent to an activating group) is 1. The topological polar surface area (TPSA) is 55.8 Å². The number of nitrogens with zero attached hydrogens (tertiary/aromatic N) is 1. The molecule has 16 heavy (non-hydrogen) atoms. The van der Waals surface area contributed by atoms with Crippen LogP contribution in [0, 0.1) is 0 Å². The molecule has 0 saturated heterocycles. The second-order valence-electron chi connectivity index (χ2n) is 3.13. The minimum Gasteiger partial charge on any atom is -0.342 e. The molecular formula is C10H20NO4P. The fourth-order valence-electron chi connectivity index (χ4n) is 1.10. The Hall–Kier alpha value is -0.640. The highest BCUT2D eigenvalue weighted by Crippen LogP contribution is 2.47. The lowest BCUT2D eigenvalue weighted by molar-refractivity contribution is -0.124. The van der Waals surface area contributed by atoms with Gasteiger partial charge in [0.1, 0.15) is 0 Å². The van der Waals surface area contributed by atoms with E-state index in [4.69, 9.17) is 9.05 Å². The van der Waals surface area contributed by atoms with Crippen molar-refractivity contribution in [3.8, 4) is 0 Å². The summed E-state index contributed by atoms with van der Waals surface area (Å²) in [5.74, 6) is -0.209. The summed E-state index contributed by atoms with van der Waals surface area (Å²) in [6.07, 6.45) is 1.41. The molecule has 0 unspecified atom stereocenters. The van der Waals surface area contributed by atoms with Gasteiger partial charge in [-0.1, -0.05) is 6.58 Å². The number of carbonyl (C=O) groups excluding carboxylic acids is 1. The Morgan fingerprint density at radius 3 is 2.25 bits per heavy atom. The predicted molar refractivity (Wildman–Crippen MR) is 63.6 cm³/mol. The van der Waals surface area contributed by atoms with Crippen molar-refractivity contribution in [1.82, 2.24) is 4.90 Å². The average Bonchev–Trinajstić information content (AvgIpc) is 2.25. The number of hydrogen-bond acceptors (Lipinski definition) is 4. The highest BCUT2D eigenvalue weighted by Gasteiger charge is 2.24. The van der Waals surface area contributed by atoms with Gasteiger partial charge >= 0.3 is 7.60 Å². The first-order valence-electron chi connectivity index (χ1n) is 5.24. The molecule has 1 amide bonds. The van der Waals surface area contributed by atoms with Crippen molar-refractivity contribution >= 4 is 13.5 Å². The van der Waals surface area contributed by atoms with E-state index < -0.39 is 7.60 Å². The van der Waals surface area contributed by atoms with E-state index in [0.29, 0.717) is 19.8 Å². The third kappa shape index (κ3) is 5.45. The number of carbonyl (C=O) groups is 1. The van der Waals surface area contributed by atoms with Gasteiger partial charge in [0.05, 0.1) is 19.4 Å². The molecule has 0 N–H and O–H groups in total. The van der Waals surface area contributed by atoms with Crippen molar-refractivity contribution in [2.75, 3.05) is 33.0 Å². The van der Waals surface area contributed by atoms with Gasteiger partial charge in [-0.05, 0) is 19.9 Å². The minimum absolute atomic E-state index is 0.199. The fourth-order valence-corrected chi connectivity index (χ4v) is 2.76. The summed E-state index contributed by atoms with van der Waals surface area (Å²) in [6.45, 7) is 7.87. The van der Waals surface area contributed by atoms with Crippen LogP contribution < -0.4 is 0 Å². The van der Waals surface area contributed by atoms with Crippen molar-refractivity contribution in [3.63, 3.8) is 0 Å². The molecule has 94 valence electrons. The highest BCUT2D eigenvalue weighted by molar-refractivity contribution is 7.53. The van der Waals surface area contributed by atoms with E-state index in [1.807, 2.05) is 0 Å². The average molecular weight is 249 g/mol. The number of rotatable bonds is 8. The summed E-state index contributed by atoms with van der Waals surface area (Å²) in [4.78, 5) is 12.6. The first-order valence-corrected chi connectivity index (χ1v) is 6.97. The van der Waals surface area contributed by atoms with Crippen LogP contribution in [-0.2, 0) is 18.4 Å². The Labute approximate surface area is 96.9 Å². The lowest BCUT2D eigenvalue weighted by atomic mass is 10.5. The van der Waals surface area contributed by atoms with E-state index in [1.165, 1.54) is 11.0 Å². The Morgan fingerprint density at radius 2 is 1.88 bits per heavy atom. The van der Waals surface area contributed by atoms with Crippen LogP contribution in [0.5, 0.6) is 0 Å². The summed E-state index contributed by atoms with van der Waals surface area (Å²) in [7, 11) is -1.43. The highest BCUT2D eigenvalue weighted by atomic mass is 31.2. The lowest BCUT2D eigenvalue weighted by Gasteiger charge is -2.20. The van der Waals surface area contributed by atoms with Crippen molar-refractivity contribution in [3.05, 3.63) is 12.7 Å². The lowest BCUT2D eigenvalue weighted by Crippen LogP contribution is -2.28. The predicted octanol–water partition coefficient (Wildman–Crippen LogP) is 1.90. The fraction of sp³-hybridized carbons (Fsp3) is 0.700. The van der Waals surface area contributed by atoms with Crippen LogP contribution in [0.3, 0.4) is 0 Å². The second-order valence-corrected chi connectivity index (χ2v) is 5.32. The molecule has 0 atom stereocenters. The summed E-state index contributed by atoms with van der Waals surface area (Å²) < 4.78 is 22.2. The van der Waals surface area contributed by atoms with Crippen LogP contribution in [0.15, 0.2) is 12.7 Å². The van der Waals surface area contributed by atoms with Crippen molar-refractivity contribution in [2.45, 2.75) is 13.8 Å². The molecule has 0 rings (SSSR count). The van der Waals surface area contributed by atoms with E-state index in [0.717, 1.165) is 0 Å². The first-order chi connectivity index (χ1) is 7.49. The van der Waals surface area contributed by atoms with Crippen LogP contribution in [-0.4, -0.2) is 43.8 Å². The molecule has 0 aromatic heterocycles. The maximum absolute atomic E-state index is 12.0. The first kappa shape index (κ1) is 15.4. The van der Waals surface area contributed by atoms with Crippen LogP contribution in [0.2, 0.25) is 0 Å². The molecule has 0 bridgehead atoms. The van der Waals surface area contributed by atoms with Gasteiger partial charge in [0.15, 0.2) is 0 Å². The maximum atomic E-state index is 12.0. The van der Waals surface area contributed by atoms with E-state index in [-0.39, 0.29) is 12.1 Å². The van der Waals surface area contributed by atoms with Crippen LogP contribution in [0.4, 0.5) is 0 Å². The molecular weight excluding hydrogens is 229 g/mol. The Balaban J connectivity index is 4.26. The molecule has 0 aliphatic rings. The number of amides is 1. The van der Waals surface area contributed by atoms with Crippen LogP contribution in [0.1, 0.15) is 13.8 Å². The summed E-state index contributed by atoms with van der Waals surface area (Å²) >= 11 is 0. The van der Waals surface area contributed by atoms with E-state index >= 15 is 0 Å². The van der Waals surface area contributed by atoms with Gasteiger partial charge in [-0.3, -0.25) is 9.36 Å². The second kappa shape index (κ2) is 7.60. The van der Waals surface area contributed by atoms with Gasteiger partial charge in [-0.25, -0.2) is 0 Å². The minimum atomic E-state index is -3.05. The van der Waals surface area contributed by atoms with Crippen molar-refractivity contribution in [2.24, 2.45) is 0 Å². The summed E-state index contributed by atoms with van der Waals surface area (Å²) in [5.41, 5.74) is 0. The molecule has 0 spiro atoms. The SMILES string of the molecule is C=CC(=O)N(C)CCP(=O)(OCC)OCC. The molecule has 0 aliphatic carbocycles. The van der Waals surface area contributed by atoms with Crippen molar-refractivity contribution in [1.29, 1.82) is 0 Å². The summed E-state index contributed by atoms with van der Waals surface area (Å²) in [6, 6.07) is 0. The Bertz CT molecular complexity index is 270. The van der Waals surface area contributed by atoms with Gasteiger partial charge in [0, 0.05) is 13.6 Å². The normalized spacial score (nSPS) is 11.2. The molecule has 0 heterocycles. The van der Waals surface area contributed by atoms with E-state index in [9.17, 15) is 9.36 Å². The van der Waals surface area contributed by atoms with Crippen molar-refractivity contribution < 1.29 is 18.4 Å². The smallest absolute Gasteiger partial charge is 0.332 e. The third-order valence-electron chi connectivity index (χ3n) is 1.91. The molecule has 0 saturated carbocycles. The zero-order valence-corrected chi connectivity index (χ0v) is 11.0.